The van der Waals surface area contributed by atoms with Crippen molar-refractivity contribution in [3.63, 3.8) is 0 Å². The van der Waals surface area contributed by atoms with E-state index >= 15 is 0 Å². The number of carbonyl (C=O) groups excluding carboxylic acids is 1. The molecule has 2 aliphatic heterocycles. The third-order valence-corrected chi connectivity index (χ3v) is 6.00. The van der Waals surface area contributed by atoms with Crippen LogP contribution in [0.4, 0.5) is 5.69 Å². The molecule has 0 aromatic heterocycles. The highest BCUT2D eigenvalue weighted by atomic mass is 16.2. The maximum Gasteiger partial charge on any atom is 0.255 e. The summed E-state index contributed by atoms with van der Waals surface area (Å²) >= 11 is 0. The van der Waals surface area contributed by atoms with E-state index in [0.29, 0.717) is 5.92 Å². The second kappa shape index (κ2) is 7.01. The maximum atomic E-state index is 12.6. The van der Waals surface area contributed by atoms with Crippen LogP contribution in [0.25, 0.3) is 0 Å². The molecule has 4 heteroatoms. The molecule has 142 valence electrons. The number of nitrogens with zero attached hydrogens (tertiary/aromatic N) is 1. The Morgan fingerprint density at radius 1 is 1.04 bits per heavy atom. The summed E-state index contributed by atoms with van der Waals surface area (Å²) in [4.78, 5) is 15.1. The van der Waals surface area contributed by atoms with Crippen molar-refractivity contribution in [3.05, 3.63) is 64.7 Å². The molecule has 2 aliphatic rings. The summed E-state index contributed by atoms with van der Waals surface area (Å²) in [5.41, 5.74) is 5.33. The molecule has 0 saturated carbocycles. The Labute approximate surface area is 162 Å². The fourth-order valence-electron chi connectivity index (χ4n) is 4.19. The van der Waals surface area contributed by atoms with Gasteiger partial charge in [-0.1, -0.05) is 50.2 Å². The van der Waals surface area contributed by atoms with Crippen molar-refractivity contribution >= 4 is 11.6 Å². The molecule has 1 saturated heterocycles. The molecule has 1 fully saturated rings. The second-order valence-corrected chi connectivity index (χ2v) is 8.33. The number of hydrogen-bond donors (Lipinski definition) is 2. The number of fused-ring (bicyclic) bond motifs is 1. The molecule has 2 N–H and O–H groups in total. The van der Waals surface area contributed by atoms with Gasteiger partial charge < -0.3 is 10.6 Å². The summed E-state index contributed by atoms with van der Waals surface area (Å²) in [7, 11) is 0. The fourth-order valence-corrected chi connectivity index (χ4v) is 4.19. The van der Waals surface area contributed by atoms with Gasteiger partial charge in [0.2, 0.25) is 0 Å². The number of carbonyl (C=O) groups is 1. The maximum absolute atomic E-state index is 12.6. The van der Waals surface area contributed by atoms with Gasteiger partial charge in [0, 0.05) is 32.5 Å². The first-order valence-electron chi connectivity index (χ1n) is 9.97. The first-order valence-corrected chi connectivity index (χ1v) is 9.97. The topological polar surface area (TPSA) is 44.4 Å². The predicted molar refractivity (Wildman–Crippen MR) is 110 cm³/mol. The molecule has 4 nitrogen and oxygen atoms in total. The Kier molecular flexibility index (Phi) is 4.68. The van der Waals surface area contributed by atoms with Crippen molar-refractivity contribution in [1.82, 2.24) is 10.2 Å². The zero-order valence-corrected chi connectivity index (χ0v) is 16.5. The summed E-state index contributed by atoms with van der Waals surface area (Å²) in [5.74, 6) is 0.617. The molecule has 0 bridgehead atoms. The van der Waals surface area contributed by atoms with Crippen LogP contribution in [0.5, 0.6) is 0 Å². The number of nitrogens with one attached hydrogen (secondary N) is 2. The number of hydrogen-bond acceptors (Lipinski definition) is 3. The number of benzene rings is 2. The molecule has 0 unspecified atom stereocenters. The van der Waals surface area contributed by atoms with Crippen molar-refractivity contribution < 1.29 is 4.79 Å². The quantitative estimate of drug-likeness (QED) is 0.856. The predicted octanol–water partition coefficient (Wildman–Crippen LogP) is 4.27. The highest BCUT2D eigenvalue weighted by Gasteiger charge is 2.40. The summed E-state index contributed by atoms with van der Waals surface area (Å²) < 4.78 is 0. The lowest BCUT2D eigenvalue weighted by molar-refractivity contribution is 0.0822. The molecule has 2 aromatic carbocycles. The van der Waals surface area contributed by atoms with Crippen molar-refractivity contribution in [2.45, 2.75) is 51.7 Å². The van der Waals surface area contributed by atoms with Crippen molar-refractivity contribution in [2.75, 3.05) is 18.4 Å². The molecule has 27 heavy (non-hydrogen) atoms. The van der Waals surface area contributed by atoms with Crippen LogP contribution in [-0.4, -0.2) is 29.6 Å². The third kappa shape index (κ3) is 3.59. The third-order valence-electron chi connectivity index (χ3n) is 6.00. The van der Waals surface area contributed by atoms with Crippen molar-refractivity contribution in [3.8, 4) is 0 Å². The first-order chi connectivity index (χ1) is 13.0. The number of anilines is 1. The molecule has 2 aromatic rings. The van der Waals surface area contributed by atoms with Gasteiger partial charge in [0.15, 0.2) is 0 Å². The summed E-state index contributed by atoms with van der Waals surface area (Å²) in [6.07, 6.45) is 1.83. The van der Waals surface area contributed by atoms with Crippen LogP contribution in [0, 0.1) is 6.92 Å². The van der Waals surface area contributed by atoms with Gasteiger partial charge in [-0.2, -0.15) is 0 Å². The van der Waals surface area contributed by atoms with Gasteiger partial charge >= 0.3 is 0 Å². The lowest BCUT2D eigenvalue weighted by atomic mass is 9.91. The van der Waals surface area contributed by atoms with E-state index in [1.54, 1.807) is 0 Å². The number of para-hydroxylation sites is 1. The SMILES string of the molecule is Cc1cccc2c1NC1(CCN(Cc3ccc(C(C)C)cc3)CC1)NC2=O. The van der Waals surface area contributed by atoms with E-state index in [1.165, 1.54) is 11.1 Å². The van der Waals surface area contributed by atoms with Gasteiger partial charge in [0.25, 0.3) is 5.91 Å². The lowest BCUT2D eigenvalue weighted by Gasteiger charge is -2.46. The Bertz CT molecular complexity index is 833. The second-order valence-electron chi connectivity index (χ2n) is 8.33. The minimum absolute atomic E-state index is 0.0465. The van der Waals surface area contributed by atoms with Gasteiger partial charge in [-0.15, -0.1) is 0 Å². The first kappa shape index (κ1) is 18.1. The molecule has 0 radical (unpaired) electrons. The van der Waals surface area contributed by atoms with E-state index in [2.05, 4.69) is 66.6 Å². The molecule has 4 rings (SSSR count). The number of rotatable bonds is 3. The Hall–Kier alpha value is -2.33. The standard InChI is InChI=1S/C23H29N3O/c1-16(2)19-9-7-18(8-10-19)15-26-13-11-23(12-14-26)24-21-17(3)5-4-6-20(21)22(27)25-23/h4-10,16,24H,11-15H2,1-3H3,(H,25,27). The van der Waals surface area contributed by atoms with E-state index < -0.39 is 0 Å². The normalized spacial score (nSPS) is 18.9. The molecular weight excluding hydrogens is 334 g/mol. The Morgan fingerprint density at radius 2 is 1.74 bits per heavy atom. The van der Waals surface area contributed by atoms with Crippen LogP contribution >= 0.6 is 0 Å². The average Bonchev–Trinajstić information content (AvgIpc) is 2.65. The molecule has 1 amide bonds. The highest BCUT2D eigenvalue weighted by Crippen LogP contribution is 2.33. The van der Waals surface area contributed by atoms with E-state index in [1.807, 2.05) is 12.1 Å². The van der Waals surface area contributed by atoms with Crippen LogP contribution in [0.1, 0.15) is 59.7 Å². The Balaban J connectivity index is 1.42. The smallest absolute Gasteiger partial charge is 0.255 e. The molecular formula is C23H29N3O. The zero-order valence-electron chi connectivity index (χ0n) is 16.5. The molecule has 0 aliphatic carbocycles. The van der Waals surface area contributed by atoms with Crippen LogP contribution in [0.2, 0.25) is 0 Å². The van der Waals surface area contributed by atoms with Gasteiger partial charge in [0.05, 0.1) is 11.3 Å². The van der Waals surface area contributed by atoms with Crippen LogP contribution in [-0.2, 0) is 6.54 Å². The summed E-state index contributed by atoms with van der Waals surface area (Å²) in [5, 5.41) is 6.90. The van der Waals surface area contributed by atoms with Crippen molar-refractivity contribution in [1.29, 1.82) is 0 Å². The summed E-state index contributed by atoms with van der Waals surface area (Å²) in [6, 6.07) is 14.9. The minimum atomic E-state index is -0.311. The van der Waals surface area contributed by atoms with Crippen molar-refractivity contribution in [2.24, 2.45) is 0 Å². The fraction of sp³-hybridized carbons (Fsp3) is 0.435. The van der Waals surface area contributed by atoms with Gasteiger partial charge in [-0.05, 0) is 35.6 Å². The number of aryl methyl sites for hydroxylation is 1. The lowest BCUT2D eigenvalue weighted by Crippen LogP contribution is -2.62. The van der Waals surface area contributed by atoms with E-state index in [4.69, 9.17) is 0 Å². The average molecular weight is 364 g/mol. The van der Waals surface area contributed by atoms with E-state index in [9.17, 15) is 4.79 Å². The van der Waals surface area contributed by atoms with Crippen LogP contribution in [0.3, 0.4) is 0 Å². The van der Waals surface area contributed by atoms with Gasteiger partial charge in [-0.3, -0.25) is 9.69 Å². The highest BCUT2D eigenvalue weighted by molar-refractivity contribution is 6.02. The molecule has 0 atom stereocenters. The molecule has 1 spiro atoms. The van der Waals surface area contributed by atoms with E-state index in [0.717, 1.165) is 49.3 Å². The Morgan fingerprint density at radius 3 is 2.41 bits per heavy atom. The van der Waals surface area contributed by atoms with Crippen LogP contribution < -0.4 is 10.6 Å². The zero-order chi connectivity index (χ0) is 19.0. The van der Waals surface area contributed by atoms with Crippen LogP contribution in [0.15, 0.2) is 42.5 Å². The van der Waals surface area contributed by atoms with E-state index in [-0.39, 0.29) is 11.6 Å². The number of likely N-dealkylation sites (tertiary alicyclic amines) is 1. The number of piperidine rings is 1. The largest absolute Gasteiger partial charge is 0.362 e. The monoisotopic (exact) mass is 363 g/mol. The summed E-state index contributed by atoms with van der Waals surface area (Å²) in [6.45, 7) is 9.43. The van der Waals surface area contributed by atoms with Gasteiger partial charge in [0.1, 0.15) is 5.66 Å². The minimum Gasteiger partial charge on any atom is -0.362 e. The number of amides is 1. The van der Waals surface area contributed by atoms with Gasteiger partial charge in [-0.25, -0.2) is 0 Å². The molecule has 2 heterocycles.